The van der Waals surface area contributed by atoms with Crippen molar-refractivity contribution in [3.8, 4) is 5.75 Å². The molecule has 78 valence electrons. The summed E-state index contributed by atoms with van der Waals surface area (Å²) in [5, 5.41) is 9.13. The van der Waals surface area contributed by atoms with Crippen molar-refractivity contribution in [3.05, 3.63) is 24.3 Å². The summed E-state index contributed by atoms with van der Waals surface area (Å²) in [6, 6.07) is 7.86. The summed E-state index contributed by atoms with van der Waals surface area (Å²) in [5.74, 6) is 0.851. The molecule has 3 heteroatoms. The van der Waals surface area contributed by atoms with Crippen LogP contribution in [0.4, 0.5) is 0 Å². The van der Waals surface area contributed by atoms with Crippen LogP contribution < -0.4 is 4.74 Å². The topological polar surface area (TPSA) is 29.5 Å². The van der Waals surface area contributed by atoms with E-state index in [0.29, 0.717) is 0 Å². The first-order chi connectivity index (χ1) is 6.57. The van der Waals surface area contributed by atoms with Crippen molar-refractivity contribution >= 4 is 11.8 Å². The van der Waals surface area contributed by atoms with Gasteiger partial charge in [-0.3, -0.25) is 0 Å². The lowest BCUT2D eigenvalue weighted by molar-refractivity contribution is 0.265. The Morgan fingerprint density at radius 2 is 2.14 bits per heavy atom. The number of aliphatic hydroxyl groups is 1. The second-order valence-electron chi connectivity index (χ2n) is 3.70. The van der Waals surface area contributed by atoms with E-state index in [1.807, 2.05) is 38.1 Å². The minimum atomic E-state index is -0.146. The standard InChI is InChI=1S/C11H16O2S/c1-11(2,8-12)14-10-6-4-5-9(7-10)13-3/h4-7,12H,8H2,1-3H3. The van der Waals surface area contributed by atoms with Crippen molar-refractivity contribution in [2.24, 2.45) is 0 Å². The Balaban J connectivity index is 2.76. The Kier molecular flexibility index (Phi) is 3.84. The monoisotopic (exact) mass is 212 g/mol. The van der Waals surface area contributed by atoms with Gasteiger partial charge in [0.25, 0.3) is 0 Å². The van der Waals surface area contributed by atoms with Crippen LogP contribution in [0.3, 0.4) is 0 Å². The Morgan fingerprint density at radius 3 is 2.71 bits per heavy atom. The summed E-state index contributed by atoms with van der Waals surface area (Å²) in [7, 11) is 1.65. The molecule has 1 rings (SSSR count). The number of hydrogen-bond acceptors (Lipinski definition) is 3. The van der Waals surface area contributed by atoms with Crippen LogP contribution in [0.1, 0.15) is 13.8 Å². The fourth-order valence-corrected chi connectivity index (χ4v) is 2.04. The van der Waals surface area contributed by atoms with E-state index in [9.17, 15) is 0 Å². The molecule has 0 amide bonds. The van der Waals surface area contributed by atoms with Gasteiger partial charge in [-0.25, -0.2) is 0 Å². The van der Waals surface area contributed by atoms with Crippen molar-refractivity contribution in [2.75, 3.05) is 13.7 Å². The number of hydrogen-bond donors (Lipinski definition) is 1. The van der Waals surface area contributed by atoms with Gasteiger partial charge in [-0.2, -0.15) is 0 Å². The summed E-state index contributed by atoms with van der Waals surface area (Å²) in [6.45, 7) is 4.18. The second-order valence-corrected chi connectivity index (χ2v) is 5.48. The Morgan fingerprint density at radius 1 is 1.43 bits per heavy atom. The highest BCUT2D eigenvalue weighted by atomic mass is 32.2. The van der Waals surface area contributed by atoms with Crippen LogP contribution in [0.5, 0.6) is 5.75 Å². The van der Waals surface area contributed by atoms with Crippen LogP contribution in [0.25, 0.3) is 0 Å². The second kappa shape index (κ2) is 4.71. The van der Waals surface area contributed by atoms with Gasteiger partial charge in [0, 0.05) is 9.64 Å². The fraction of sp³-hybridized carbons (Fsp3) is 0.455. The maximum atomic E-state index is 9.13. The third kappa shape index (κ3) is 3.24. The van der Waals surface area contributed by atoms with E-state index in [-0.39, 0.29) is 11.4 Å². The zero-order valence-electron chi connectivity index (χ0n) is 8.78. The lowest BCUT2D eigenvalue weighted by atomic mass is 10.2. The molecule has 14 heavy (non-hydrogen) atoms. The first-order valence-corrected chi connectivity index (χ1v) is 5.33. The van der Waals surface area contributed by atoms with E-state index in [2.05, 4.69) is 0 Å². The zero-order valence-corrected chi connectivity index (χ0v) is 9.60. The van der Waals surface area contributed by atoms with Gasteiger partial charge in [0.2, 0.25) is 0 Å². The molecule has 1 N–H and O–H groups in total. The van der Waals surface area contributed by atoms with Gasteiger partial charge in [-0.05, 0) is 32.0 Å². The van der Waals surface area contributed by atoms with Crippen molar-refractivity contribution in [1.82, 2.24) is 0 Å². The summed E-state index contributed by atoms with van der Waals surface area (Å²) in [4.78, 5) is 1.11. The molecule has 0 aliphatic rings. The minimum absolute atomic E-state index is 0.146. The average molecular weight is 212 g/mol. The molecular formula is C11H16O2S. The molecule has 0 saturated carbocycles. The number of rotatable bonds is 4. The first kappa shape index (κ1) is 11.4. The summed E-state index contributed by atoms with van der Waals surface area (Å²) < 4.78 is 4.98. The van der Waals surface area contributed by atoms with E-state index in [0.717, 1.165) is 10.6 Å². The van der Waals surface area contributed by atoms with E-state index in [4.69, 9.17) is 9.84 Å². The van der Waals surface area contributed by atoms with Gasteiger partial charge >= 0.3 is 0 Å². The third-order valence-corrected chi connectivity index (χ3v) is 2.99. The van der Waals surface area contributed by atoms with Crippen LogP contribution >= 0.6 is 11.8 Å². The summed E-state index contributed by atoms with van der Waals surface area (Å²) in [5.41, 5.74) is 0. The van der Waals surface area contributed by atoms with Gasteiger partial charge in [-0.15, -0.1) is 11.8 Å². The molecule has 0 aliphatic heterocycles. The molecule has 0 bridgehead atoms. The first-order valence-electron chi connectivity index (χ1n) is 4.51. The van der Waals surface area contributed by atoms with E-state index in [1.54, 1.807) is 18.9 Å². The average Bonchev–Trinajstić information content (AvgIpc) is 2.17. The summed E-state index contributed by atoms with van der Waals surface area (Å²) in [6.07, 6.45) is 0. The molecule has 1 aromatic rings. The Hall–Kier alpha value is -0.670. The molecule has 0 radical (unpaired) electrons. The molecule has 0 saturated heterocycles. The van der Waals surface area contributed by atoms with Gasteiger partial charge < -0.3 is 9.84 Å². The van der Waals surface area contributed by atoms with E-state index >= 15 is 0 Å². The predicted molar refractivity (Wildman–Crippen MR) is 60.0 cm³/mol. The zero-order chi connectivity index (χ0) is 10.6. The van der Waals surface area contributed by atoms with Crippen molar-refractivity contribution in [3.63, 3.8) is 0 Å². The lowest BCUT2D eigenvalue weighted by Gasteiger charge is -2.20. The maximum Gasteiger partial charge on any atom is 0.119 e. The summed E-state index contributed by atoms with van der Waals surface area (Å²) >= 11 is 1.65. The smallest absolute Gasteiger partial charge is 0.119 e. The van der Waals surface area contributed by atoms with Crippen LogP contribution in [0, 0.1) is 0 Å². The quantitative estimate of drug-likeness (QED) is 0.778. The number of methoxy groups -OCH3 is 1. The Labute approximate surface area is 89.3 Å². The lowest BCUT2D eigenvalue weighted by Crippen LogP contribution is -2.19. The van der Waals surface area contributed by atoms with Gasteiger partial charge in [0.05, 0.1) is 13.7 Å². The highest BCUT2D eigenvalue weighted by Gasteiger charge is 2.17. The minimum Gasteiger partial charge on any atom is -0.497 e. The van der Waals surface area contributed by atoms with Gasteiger partial charge in [0.15, 0.2) is 0 Å². The van der Waals surface area contributed by atoms with Crippen LogP contribution in [-0.2, 0) is 0 Å². The molecule has 0 aromatic heterocycles. The third-order valence-electron chi connectivity index (χ3n) is 1.82. The molecule has 0 unspecified atom stereocenters. The van der Waals surface area contributed by atoms with Crippen molar-refractivity contribution < 1.29 is 9.84 Å². The van der Waals surface area contributed by atoms with Gasteiger partial charge in [-0.1, -0.05) is 6.07 Å². The van der Waals surface area contributed by atoms with Crippen LogP contribution in [0.15, 0.2) is 29.2 Å². The molecule has 0 spiro atoms. The maximum absolute atomic E-state index is 9.13. The molecule has 2 nitrogen and oxygen atoms in total. The molecular weight excluding hydrogens is 196 g/mol. The SMILES string of the molecule is COc1cccc(SC(C)(C)CO)c1. The van der Waals surface area contributed by atoms with E-state index in [1.165, 1.54) is 0 Å². The molecule has 1 aromatic carbocycles. The largest absolute Gasteiger partial charge is 0.497 e. The molecule has 0 aliphatic carbocycles. The van der Waals surface area contributed by atoms with Gasteiger partial charge in [0.1, 0.15) is 5.75 Å². The number of aliphatic hydroxyl groups excluding tert-OH is 1. The number of thioether (sulfide) groups is 1. The van der Waals surface area contributed by atoms with Crippen molar-refractivity contribution in [2.45, 2.75) is 23.5 Å². The van der Waals surface area contributed by atoms with Crippen LogP contribution in [0.2, 0.25) is 0 Å². The highest BCUT2D eigenvalue weighted by molar-refractivity contribution is 8.00. The van der Waals surface area contributed by atoms with E-state index < -0.39 is 0 Å². The number of ether oxygens (including phenoxy) is 1. The Bertz CT molecular complexity index is 297. The highest BCUT2D eigenvalue weighted by Crippen LogP contribution is 2.33. The normalized spacial score (nSPS) is 11.4. The fourth-order valence-electron chi connectivity index (χ4n) is 1.02. The molecule has 0 fully saturated rings. The molecule has 0 heterocycles. The molecule has 0 atom stereocenters. The van der Waals surface area contributed by atoms with Crippen LogP contribution in [-0.4, -0.2) is 23.6 Å². The van der Waals surface area contributed by atoms with Crippen molar-refractivity contribution in [1.29, 1.82) is 0 Å². The number of benzene rings is 1. The predicted octanol–water partition coefficient (Wildman–Crippen LogP) is 2.56.